The van der Waals surface area contributed by atoms with Crippen LogP contribution < -0.4 is 5.32 Å². The monoisotopic (exact) mass is 752 g/mol. The number of piperidine rings is 2. The van der Waals surface area contributed by atoms with Gasteiger partial charge in [0.25, 0.3) is 5.91 Å². The number of benzene rings is 2. The number of amides is 4. The van der Waals surface area contributed by atoms with Gasteiger partial charge in [0.05, 0.1) is 0 Å². The van der Waals surface area contributed by atoms with E-state index in [0.717, 1.165) is 54.7 Å². The molecular weight excluding hydrogens is 700 g/mol. The zero-order chi connectivity index (χ0) is 37.7. The number of halogens is 1. The van der Waals surface area contributed by atoms with E-state index in [9.17, 15) is 19.2 Å². The highest BCUT2D eigenvalue weighted by molar-refractivity contribution is 6.31. The molecule has 0 unspecified atom stereocenters. The summed E-state index contributed by atoms with van der Waals surface area (Å²) in [6.45, 7) is 12.5. The molecule has 53 heavy (non-hydrogen) atoms. The molecule has 0 radical (unpaired) electrons. The zero-order valence-electron chi connectivity index (χ0n) is 31.4. The Morgan fingerprint density at radius 1 is 0.868 bits per heavy atom. The minimum Gasteiger partial charge on any atom is -0.436 e. The third kappa shape index (κ3) is 10.1. The van der Waals surface area contributed by atoms with E-state index >= 15 is 0 Å². The van der Waals surface area contributed by atoms with E-state index in [-0.39, 0.29) is 24.4 Å². The summed E-state index contributed by atoms with van der Waals surface area (Å²) in [5, 5.41) is 5.29. The number of carbonyl (C=O) groups excluding carboxylic acids is 4. The van der Waals surface area contributed by atoms with Crippen LogP contribution in [0.25, 0.3) is 0 Å². The second-order valence-electron chi connectivity index (χ2n) is 15.5. The predicted molar refractivity (Wildman–Crippen MR) is 201 cm³/mol. The van der Waals surface area contributed by atoms with Crippen molar-refractivity contribution in [3.05, 3.63) is 64.2 Å². The van der Waals surface area contributed by atoms with Crippen LogP contribution >= 0.6 is 11.6 Å². The van der Waals surface area contributed by atoms with Crippen LogP contribution in [0.2, 0.25) is 5.02 Å². The summed E-state index contributed by atoms with van der Waals surface area (Å²) in [5.41, 5.74) is 3.10. The Labute approximate surface area is 317 Å². The number of ether oxygens (including phenoxy) is 2. The highest BCUT2D eigenvalue weighted by atomic mass is 35.5. The van der Waals surface area contributed by atoms with E-state index in [1.165, 1.54) is 0 Å². The molecule has 14 heteroatoms. The molecule has 4 amide bonds. The van der Waals surface area contributed by atoms with E-state index in [1.54, 1.807) is 30.7 Å². The number of nitrogens with one attached hydrogen (secondary N) is 1. The molecule has 0 aliphatic carbocycles. The lowest BCUT2D eigenvalue weighted by Crippen LogP contribution is -2.55. The number of carbonyl (C=O) groups is 4. The molecule has 0 aromatic heterocycles. The van der Waals surface area contributed by atoms with Crippen LogP contribution in [0.15, 0.2) is 42.5 Å². The van der Waals surface area contributed by atoms with Crippen molar-refractivity contribution in [2.45, 2.75) is 90.0 Å². The lowest BCUT2D eigenvalue weighted by atomic mass is 10.00. The minimum absolute atomic E-state index is 0.00210. The molecule has 4 aliphatic rings. The summed E-state index contributed by atoms with van der Waals surface area (Å²) in [6.07, 6.45) is 1.60. The molecule has 4 heterocycles. The van der Waals surface area contributed by atoms with Crippen LogP contribution in [0, 0.1) is 6.92 Å². The van der Waals surface area contributed by atoms with Crippen molar-refractivity contribution in [3.63, 3.8) is 0 Å². The second-order valence-corrected chi connectivity index (χ2v) is 15.9. The molecule has 0 spiro atoms. The second kappa shape index (κ2) is 16.9. The number of hydroxylamine groups is 2. The molecule has 1 atom stereocenters. The lowest BCUT2D eigenvalue weighted by Gasteiger charge is -2.42. The first-order valence-corrected chi connectivity index (χ1v) is 19.3. The molecule has 1 N–H and O–H groups in total. The zero-order valence-corrected chi connectivity index (χ0v) is 32.1. The summed E-state index contributed by atoms with van der Waals surface area (Å²) >= 11 is 6.44. The summed E-state index contributed by atoms with van der Waals surface area (Å²) in [5.74, 6) is -0.209. The molecule has 6 rings (SSSR count). The third-order valence-corrected chi connectivity index (χ3v) is 11.0. The summed E-state index contributed by atoms with van der Waals surface area (Å²) < 4.78 is 11.3. The fourth-order valence-electron chi connectivity index (χ4n) is 7.64. The van der Waals surface area contributed by atoms with Crippen molar-refractivity contribution in [1.29, 1.82) is 0 Å². The van der Waals surface area contributed by atoms with Crippen molar-refractivity contribution in [3.8, 4) is 0 Å². The standard InChI is InChI=1S/C39H53ClN6O7/c1-27-9-10-28(25-32(27)40)26-34(35(47)43-16-12-30(13-17-43)42-21-23-45(24-22-42)53-38(50)52-39(2,3)4)51-37(49)44-18-14-31(15-19-44)46-20-11-29-7-5-6-8-33(29)41-36(46)48/h5-10,25,30-31,34H,11-24,26H2,1-4H3,(H,41,48)/t34-/m1/s1. The molecule has 3 saturated heterocycles. The van der Waals surface area contributed by atoms with Crippen molar-refractivity contribution >= 4 is 41.5 Å². The number of hydrogen-bond acceptors (Lipinski definition) is 9. The third-order valence-electron chi connectivity index (χ3n) is 10.6. The number of likely N-dealkylation sites (tertiary alicyclic amines) is 2. The number of nitrogens with zero attached hydrogens (tertiary/aromatic N) is 5. The highest BCUT2D eigenvalue weighted by Crippen LogP contribution is 2.27. The normalized spacial score (nSPS) is 20.2. The fourth-order valence-corrected chi connectivity index (χ4v) is 7.84. The number of hydrogen-bond donors (Lipinski definition) is 1. The van der Waals surface area contributed by atoms with Crippen LogP contribution in [-0.2, 0) is 31.9 Å². The van der Waals surface area contributed by atoms with Gasteiger partial charge >= 0.3 is 18.3 Å². The molecule has 0 saturated carbocycles. The molecule has 2 aromatic rings. The first kappa shape index (κ1) is 38.6. The largest absolute Gasteiger partial charge is 0.528 e. The van der Waals surface area contributed by atoms with Gasteiger partial charge in [-0.1, -0.05) is 41.9 Å². The first-order valence-electron chi connectivity index (χ1n) is 18.9. The van der Waals surface area contributed by atoms with Gasteiger partial charge in [-0.25, -0.2) is 14.4 Å². The first-order chi connectivity index (χ1) is 25.3. The Hall–Kier alpha value is -4.07. The minimum atomic E-state index is -1.00. The Kier molecular flexibility index (Phi) is 12.4. The van der Waals surface area contributed by atoms with Crippen molar-refractivity contribution in [1.82, 2.24) is 24.7 Å². The fraction of sp³-hybridized carbons (Fsp3) is 0.590. The van der Waals surface area contributed by atoms with Gasteiger partial charge in [-0.2, -0.15) is 0 Å². The molecule has 4 aliphatic heterocycles. The van der Waals surface area contributed by atoms with E-state index in [0.29, 0.717) is 69.7 Å². The maximum atomic E-state index is 14.1. The van der Waals surface area contributed by atoms with Crippen molar-refractivity contribution in [2.75, 3.05) is 64.2 Å². The molecule has 13 nitrogen and oxygen atoms in total. The van der Waals surface area contributed by atoms with Gasteiger partial charge in [0, 0.05) is 88.1 Å². The number of aryl methyl sites for hydroxylation is 1. The van der Waals surface area contributed by atoms with Crippen molar-refractivity contribution < 1.29 is 33.5 Å². The van der Waals surface area contributed by atoms with Crippen LogP contribution in [0.5, 0.6) is 0 Å². The molecule has 288 valence electrons. The number of anilines is 1. The van der Waals surface area contributed by atoms with Gasteiger partial charge < -0.3 is 34.3 Å². The van der Waals surface area contributed by atoms with Gasteiger partial charge in [-0.3, -0.25) is 9.69 Å². The average molecular weight is 753 g/mol. The summed E-state index contributed by atoms with van der Waals surface area (Å²) in [7, 11) is 0. The van der Waals surface area contributed by atoms with Gasteiger partial charge in [0.2, 0.25) is 0 Å². The van der Waals surface area contributed by atoms with Crippen LogP contribution in [0.3, 0.4) is 0 Å². The number of fused-ring (bicyclic) bond motifs is 1. The Morgan fingerprint density at radius 2 is 1.53 bits per heavy atom. The maximum absolute atomic E-state index is 14.1. The average Bonchev–Trinajstić information content (AvgIpc) is 3.30. The van der Waals surface area contributed by atoms with Gasteiger partial charge in [0.1, 0.15) is 5.60 Å². The summed E-state index contributed by atoms with van der Waals surface area (Å²) in [6, 6.07) is 13.7. The van der Waals surface area contributed by atoms with E-state index in [4.69, 9.17) is 25.9 Å². The predicted octanol–water partition coefficient (Wildman–Crippen LogP) is 5.73. The van der Waals surface area contributed by atoms with Crippen LogP contribution in [-0.4, -0.2) is 132 Å². The number of urea groups is 1. The van der Waals surface area contributed by atoms with Gasteiger partial charge in [-0.15, -0.1) is 5.06 Å². The Balaban J connectivity index is 1.02. The topological polar surface area (TPSA) is 124 Å². The smallest absolute Gasteiger partial charge is 0.436 e. The molecule has 3 fully saturated rings. The van der Waals surface area contributed by atoms with Gasteiger partial charge in [-0.05, 0) is 88.6 Å². The van der Waals surface area contributed by atoms with Crippen LogP contribution in [0.1, 0.15) is 63.1 Å². The summed E-state index contributed by atoms with van der Waals surface area (Å²) in [4.78, 5) is 66.1. The van der Waals surface area contributed by atoms with E-state index < -0.39 is 24.0 Å². The SMILES string of the molecule is Cc1ccc(C[C@@H](OC(=O)N2CCC(N3CCc4ccccc4NC3=O)CC2)C(=O)N2CCC(N3CCN(OC(=O)OC(C)(C)C)CC3)CC2)cc1Cl. The highest BCUT2D eigenvalue weighted by Gasteiger charge is 2.37. The Bertz CT molecular complexity index is 1630. The quantitative estimate of drug-likeness (QED) is 0.354. The van der Waals surface area contributed by atoms with Crippen molar-refractivity contribution in [2.24, 2.45) is 0 Å². The van der Waals surface area contributed by atoms with Gasteiger partial charge in [0.15, 0.2) is 6.10 Å². The van der Waals surface area contributed by atoms with Crippen LogP contribution in [0.4, 0.5) is 20.1 Å². The number of rotatable bonds is 7. The number of para-hydroxylation sites is 1. The molecular formula is C39H53ClN6O7. The van der Waals surface area contributed by atoms with E-state index in [1.807, 2.05) is 59.2 Å². The maximum Gasteiger partial charge on any atom is 0.528 e. The lowest BCUT2D eigenvalue weighted by molar-refractivity contribution is -0.162. The Morgan fingerprint density at radius 3 is 2.21 bits per heavy atom. The molecule has 0 bridgehead atoms. The number of piperazine rings is 1. The van der Waals surface area contributed by atoms with E-state index in [2.05, 4.69) is 10.2 Å². The molecule has 2 aromatic carbocycles.